The number of rotatable bonds is 5. The van der Waals surface area contributed by atoms with Crippen LogP contribution in [-0.2, 0) is 8.85 Å². The molecule has 2 heterocycles. The molecule has 136 valence electrons. The van der Waals surface area contributed by atoms with Crippen LogP contribution in [0.25, 0.3) is 0 Å². The van der Waals surface area contributed by atoms with E-state index in [0.717, 1.165) is 13.1 Å². The fraction of sp³-hybridized carbons (Fsp3) is 1.00. The molecule has 2 unspecified atom stereocenters. The van der Waals surface area contributed by atoms with Gasteiger partial charge in [-0.15, -0.1) is 0 Å². The van der Waals surface area contributed by atoms with E-state index in [2.05, 4.69) is 36.8 Å². The minimum Gasteiger partial charge on any atom is -0.374 e. The zero-order valence-corrected chi connectivity index (χ0v) is 17.2. The maximum Gasteiger partial charge on any atom is 0.522 e. The molecule has 0 aromatic heterocycles. The Kier molecular flexibility index (Phi) is 6.71. The summed E-state index contributed by atoms with van der Waals surface area (Å²) < 4.78 is 17.9. The van der Waals surface area contributed by atoms with Crippen molar-refractivity contribution in [1.29, 1.82) is 0 Å². The molecule has 23 heavy (non-hydrogen) atoms. The topological polar surface area (TPSA) is 24.9 Å². The molecule has 2 atom stereocenters. The Hall–Kier alpha value is 0.0569. The molecule has 0 spiro atoms. The Morgan fingerprint density at radius 3 is 2.00 bits per heavy atom. The van der Waals surface area contributed by atoms with E-state index < -0.39 is 8.88 Å². The van der Waals surface area contributed by atoms with Crippen molar-refractivity contribution in [2.75, 3.05) is 27.3 Å². The van der Waals surface area contributed by atoms with Crippen molar-refractivity contribution in [3.63, 3.8) is 0 Å². The van der Waals surface area contributed by atoms with Crippen LogP contribution >= 0.6 is 0 Å². The van der Waals surface area contributed by atoms with Gasteiger partial charge in [-0.2, -0.15) is 0 Å². The zero-order chi connectivity index (χ0) is 17.1. The SMILES string of the molecule is CCC1CCCCN1[Si](OC)(OC)N1CCCCC1C(C)(C)C. The first-order chi connectivity index (χ1) is 10.9. The molecular formula is C18H38N2O2Si. The molecule has 2 saturated heterocycles. The van der Waals surface area contributed by atoms with Crippen LogP contribution in [0.5, 0.6) is 0 Å². The van der Waals surface area contributed by atoms with E-state index in [4.69, 9.17) is 8.85 Å². The molecule has 5 heteroatoms. The van der Waals surface area contributed by atoms with E-state index in [9.17, 15) is 0 Å². The third kappa shape index (κ3) is 3.84. The van der Waals surface area contributed by atoms with Crippen molar-refractivity contribution in [2.45, 2.75) is 84.7 Å². The van der Waals surface area contributed by atoms with Gasteiger partial charge in [0.1, 0.15) is 0 Å². The quantitative estimate of drug-likeness (QED) is 0.708. The molecule has 0 bridgehead atoms. The molecule has 2 aliphatic heterocycles. The lowest BCUT2D eigenvalue weighted by molar-refractivity contribution is 0.00947. The molecular weight excluding hydrogens is 304 g/mol. The lowest BCUT2D eigenvalue weighted by Crippen LogP contribution is -2.75. The number of hydrogen-bond acceptors (Lipinski definition) is 4. The van der Waals surface area contributed by atoms with Gasteiger partial charge in [0.15, 0.2) is 0 Å². The van der Waals surface area contributed by atoms with Crippen molar-refractivity contribution >= 4 is 8.88 Å². The normalized spacial score (nSPS) is 29.0. The van der Waals surface area contributed by atoms with Gasteiger partial charge in [0.25, 0.3) is 0 Å². The number of nitrogens with zero attached hydrogens (tertiary/aromatic N) is 2. The van der Waals surface area contributed by atoms with Crippen LogP contribution in [0.3, 0.4) is 0 Å². The van der Waals surface area contributed by atoms with Gasteiger partial charge >= 0.3 is 8.88 Å². The lowest BCUT2D eigenvalue weighted by atomic mass is 9.82. The second-order valence-corrected chi connectivity index (χ2v) is 11.3. The Bertz CT molecular complexity index is 369. The standard InChI is InChI=1S/C18H38N2O2Si/c1-7-16-12-8-10-14-19(16)23(21-5,22-6)20-15-11-9-13-17(20)18(2,3)4/h16-17H,7-15H2,1-6H3. The van der Waals surface area contributed by atoms with Crippen molar-refractivity contribution < 1.29 is 8.85 Å². The summed E-state index contributed by atoms with van der Waals surface area (Å²) in [6.07, 6.45) is 8.94. The van der Waals surface area contributed by atoms with Crippen LogP contribution in [-0.4, -0.2) is 57.4 Å². The van der Waals surface area contributed by atoms with Crippen LogP contribution in [0.1, 0.15) is 72.6 Å². The molecule has 0 saturated carbocycles. The van der Waals surface area contributed by atoms with Gasteiger partial charge < -0.3 is 8.85 Å². The van der Waals surface area contributed by atoms with Crippen LogP contribution in [0.2, 0.25) is 0 Å². The number of piperidine rings is 2. The van der Waals surface area contributed by atoms with Gasteiger partial charge in [-0.25, -0.2) is 0 Å². The number of hydrogen-bond donors (Lipinski definition) is 0. The maximum absolute atomic E-state index is 6.29. The van der Waals surface area contributed by atoms with Gasteiger partial charge in [-0.05, 0) is 50.6 Å². The van der Waals surface area contributed by atoms with Gasteiger partial charge in [-0.3, -0.25) is 9.13 Å². The summed E-state index contributed by atoms with van der Waals surface area (Å²) in [4.78, 5) is 0. The van der Waals surface area contributed by atoms with Crippen molar-refractivity contribution in [3.05, 3.63) is 0 Å². The molecule has 2 aliphatic rings. The Labute approximate surface area is 144 Å². The smallest absolute Gasteiger partial charge is 0.374 e. The minimum atomic E-state index is -2.53. The van der Waals surface area contributed by atoms with Crippen LogP contribution in [0.4, 0.5) is 0 Å². The highest BCUT2D eigenvalue weighted by molar-refractivity contribution is 6.61. The van der Waals surface area contributed by atoms with E-state index in [0.29, 0.717) is 12.1 Å². The summed E-state index contributed by atoms with van der Waals surface area (Å²) in [6, 6.07) is 1.15. The van der Waals surface area contributed by atoms with Crippen molar-refractivity contribution in [2.24, 2.45) is 5.41 Å². The first-order valence-electron chi connectivity index (χ1n) is 9.54. The van der Waals surface area contributed by atoms with Crippen molar-refractivity contribution in [3.8, 4) is 0 Å². The Balaban J connectivity index is 2.37. The first-order valence-corrected chi connectivity index (χ1v) is 11.3. The molecule has 2 rings (SSSR count). The highest BCUT2D eigenvalue weighted by Crippen LogP contribution is 2.38. The molecule has 0 amide bonds. The fourth-order valence-corrected chi connectivity index (χ4v) is 8.68. The van der Waals surface area contributed by atoms with Crippen LogP contribution < -0.4 is 0 Å². The summed E-state index contributed by atoms with van der Waals surface area (Å²) in [5, 5.41) is 0. The van der Waals surface area contributed by atoms with Gasteiger partial charge in [-0.1, -0.05) is 40.5 Å². The molecule has 2 fully saturated rings. The fourth-order valence-electron chi connectivity index (χ4n) is 4.68. The molecule has 4 nitrogen and oxygen atoms in total. The third-order valence-electron chi connectivity index (χ3n) is 5.86. The highest BCUT2D eigenvalue weighted by Gasteiger charge is 2.57. The minimum absolute atomic E-state index is 0.257. The van der Waals surface area contributed by atoms with E-state index in [1.807, 2.05) is 14.2 Å². The predicted octanol–water partition coefficient (Wildman–Crippen LogP) is 3.88. The summed E-state index contributed by atoms with van der Waals surface area (Å²) in [6.45, 7) is 11.7. The second kappa shape index (κ2) is 7.96. The average molecular weight is 343 g/mol. The third-order valence-corrected chi connectivity index (χ3v) is 9.50. The zero-order valence-electron chi connectivity index (χ0n) is 16.2. The first kappa shape index (κ1) is 19.4. The summed E-state index contributed by atoms with van der Waals surface area (Å²) >= 11 is 0. The van der Waals surface area contributed by atoms with E-state index in [-0.39, 0.29) is 5.41 Å². The van der Waals surface area contributed by atoms with Gasteiger partial charge in [0, 0.05) is 26.3 Å². The Morgan fingerprint density at radius 2 is 1.48 bits per heavy atom. The molecule has 0 radical (unpaired) electrons. The van der Waals surface area contributed by atoms with E-state index in [1.165, 1.54) is 44.9 Å². The van der Waals surface area contributed by atoms with E-state index >= 15 is 0 Å². The second-order valence-electron chi connectivity index (χ2n) is 8.28. The molecule has 0 N–H and O–H groups in total. The largest absolute Gasteiger partial charge is 0.522 e. The van der Waals surface area contributed by atoms with Crippen molar-refractivity contribution in [1.82, 2.24) is 9.13 Å². The van der Waals surface area contributed by atoms with Gasteiger partial charge in [0.2, 0.25) is 0 Å². The molecule has 0 aromatic carbocycles. The van der Waals surface area contributed by atoms with Crippen LogP contribution in [0, 0.1) is 5.41 Å². The lowest BCUT2D eigenvalue weighted by Gasteiger charge is -2.55. The summed E-state index contributed by atoms with van der Waals surface area (Å²) in [5.74, 6) is 0. The Morgan fingerprint density at radius 1 is 0.913 bits per heavy atom. The summed E-state index contributed by atoms with van der Waals surface area (Å²) in [5.41, 5.74) is 0.257. The predicted molar refractivity (Wildman–Crippen MR) is 98.2 cm³/mol. The summed E-state index contributed by atoms with van der Waals surface area (Å²) in [7, 11) is 1.23. The monoisotopic (exact) mass is 342 g/mol. The van der Waals surface area contributed by atoms with Crippen LogP contribution in [0.15, 0.2) is 0 Å². The molecule has 0 aliphatic carbocycles. The average Bonchev–Trinajstić information content (AvgIpc) is 2.56. The maximum atomic E-state index is 6.29. The highest BCUT2D eigenvalue weighted by atomic mass is 28.4. The van der Waals surface area contributed by atoms with E-state index in [1.54, 1.807) is 0 Å². The van der Waals surface area contributed by atoms with Gasteiger partial charge in [0.05, 0.1) is 0 Å². The molecule has 0 aromatic rings.